The quantitative estimate of drug-likeness (QED) is 0.728. The molecule has 2 aromatic rings. The highest BCUT2D eigenvalue weighted by Gasteiger charge is 2.37. The van der Waals surface area contributed by atoms with Gasteiger partial charge in [-0.05, 0) is 24.3 Å². The van der Waals surface area contributed by atoms with Crippen LogP contribution in [0.1, 0.15) is 6.42 Å². The van der Waals surface area contributed by atoms with E-state index in [4.69, 9.17) is 14.2 Å². The number of nitrogens with zero attached hydrogens (tertiary/aromatic N) is 1. The summed E-state index contributed by atoms with van der Waals surface area (Å²) in [6.45, 7) is 0.222. The van der Waals surface area contributed by atoms with Crippen LogP contribution in [0.2, 0.25) is 0 Å². The molecular formula is C21H21N3O6. The lowest BCUT2D eigenvalue weighted by Crippen LogP contribution is -2.52. The molecule has 2 unspecified atom stereocenters. The number of carbonyl (C=O) groups is 3. The van der Waals surface area contributed by atoms with Crippen molar-refractivity contribution in [1.82, 2.24) is 10.9 Å². The Labute approximate surface area is 172 Å². The summed E-state index contributed by atoms with van der Waals surface area (Å²) in [5.74, 6) is -0.209. The molecule has 4 rings (SSSR count). The zero-order valence-corrected chi connectivity index (χ0v) is 16.3. The molecule has 0 spiro atoms. The third kappa shape index (κ3) is 3.86. The van der Waals surface area contributed by atoms with Crippen LogP contribution >= 0.6 is 0 Å². The highest BCUT2D eigenvalue weighted by atomic mass is 16.6. The molecule has 2 aliphatic heterocycles. The van der Waals surface area contributed by atoms with Crippen LogP contribution in [0.4, 0.5) is 5.69 Å². The number of nitrogens with one attached hydrogen (secondary N) is 2. The third-order valence-electron chi connectivity index (χ3n) is 4.98. The van der Waals surface area contributed by atoms with E-state index in [-0.39, 0.29) is 25.5 Å². The molecule has 2 aliphatic rings. The van der Waals surface area contributed by atoms with E-state index < -0.39 is 23.8 Å². The monoisotopic (exact) mass is 411 g/mol. The topological polar surface area (TPSA) is 106 Å². The van der Waals surface area contributed by atoms with Crippen molar-refractivity contribution < 1.29 is 28.6 Å². The lowest BCUT2D eigenvalue weighted by atomic mass is 10.1. The van der Waals surface area contributed by atoms with Gasteiger partial charge in [-0.15, -0.1) is 0 Å². The normalized spacial score (nSPS) is 19.9. The summed E-state index contributed by atoms with van der Waals surface area (Å²) in [4.78, 5) is 38.8. The Bertz CT molecular complexity index is 979. The first-order valence-electron chi connectivity index (χ1n) is 9.48. The molecule has 0 radical (unpaired) electrons. The molecule has 0 saturated carbocycles. The van der Waals surface area contributed by atoms with Crippen molar-refractivity contribution in [3.05, 3.63) is 48.5 Å². The highest BCUT2D eigenvalue weighted by Crippen LogP contribution is 2.33. The number of hydrogen-bond acceptors (Lipinski definition) is 6. The lowest BCUT2D eigenvalue weighted by Gasteiger charge is -2.25. The van der Waals surface area contributed by atoms with Crippen molar-refractivity contribution in [3.63, 3.8) is 0 Å². The van der Waals surface area contributed by atoms with Gasteiger partial charge in [0.1, 0.15) is 12.4 Å². The van der Waals surface area contributed by atoms with E-state index in [1.54, 1.807) is 48.5 Å². The number of hydrazine groups is 1. The van der Waals surface area contributed by atoms with Crippen LogP contribution in [0.3, 0.4) is 0 Å². The molecule has 9 heteroatoms. The fourth-order valence-corrected chi connectivity index (χ4v) is 3.42. The fraction of sp³-hybridized carbons (Fsp3) is 0.286. The van der Waals surface area contributed by atoms with Crippen LogP contribution in [0.25, 0.3) is 0 Å². The summed E-state index contributed by atoms with van der Waals surface area (Å²) < 4.78 is 16.4. The first kappa shape index (κ1) is 19.6. The minimum Gasteiger partial charge on any atom is -0.495 e. The van der Waals surface area contributed by atoms with Gasteiger partial charge in [-0.2, -0.15) is 0 Å². The van der Waals surface area contributed by atoms with Gasteiger partial charge in [0.2, 0.25) is 17.9 Å². The van der Waals surface area contributed by atoms with Crippen LogP contribution < -0.4 is 30.0 Å². The smallest absolute Gasteiger partial charge is 0.283 e. The van der Waals surface area contributed by atoms with Crippen molar-refractivity contribution in [2.24, 2.45) is 5.92 Å². The zero-order chi connectivity index (χ0) is 21.1. The van der Waals surface area contributed by atoms with Gasteiger partial charge in [-0.1, -0.05) is 24.3 Å². The van der Waals surface area contributed by atoms with Gasteiger partial charge < -0.3 is 19.1 Å². The van der Waals surface area contributed by atoms with Crippen LogP contribution in [0.15, 0.2) is 48.5 Å². The van der Waals surface area contributed by atoms with Crippen LogP contribution in [0, 0.1) is 5.92 Å². The van der Waals surface area contributed by atoms with E-state index in [0.717, 1.165) is 0 Å². The maximum atomic E-state index is 12.5. The van der Waals surface area contributed by atoms with Crippen molar-refractivity contribution >= 4 is 23.4 Å². The molecule has 2 atom stereocenters. The number of anilines is 1. The number of fused-ring (bicyclic) bond motifs is 1. The number of methoxy groups -OCH3 is 1. The number of benzene rings is 2. The van der Waals surface area contributed by atoms with E-state index in [0.29, 0.717) is 22.9 Å². The minimum absolute atomic E-state index is 0.0300. The summed E-state index contributed by atoms with van der Waals surface area (Å²) in [6, 6.07) is 14.1. The van der Waals surface area contributed by atoms with E-state index in [2.05, 4.69) is 10.9 Å². The molecule has 3 amide bonds. The van der Waals surface area contributed by atoms with Gasteiger partial charge in [-0.3, -0.25) is 25.2 Å². The summed E-state index contributed by atoms with van der Waals surface area (Å²) in [7, 11) is 1.52. The fourth-order valence-electron chi connectivity index (χ4n) is 3.42. The Hall–Kier alpha value is -3.75. The molecule has 1 saturated heterocycles. The van der Waals surface area contributed by atoms with Crippen molar-refractivity contribution in [2.45, 2.75) is 12.5 Å². The second-order valence-electron chi connectivity index (χ2n) is 6.92. The Morgan fingerprint density at radius 2 is 1.73 bits per heavy atom. The number of carbonyl (C=O) groups excluding carboxylic acids is 3. The Kier molecular flexibility index (Phi) is 5.42. The zero-order valence-electron chi connectivity index (χ0n) is 16.3. The second-order valence-corrected chi connectivity index (χ2v) is 6.92. The molecule has 156 valence electrons. The molecular weight excluding hydrogens is 390 g/mol. The molecule has 0 bridgehead atoms. The number of para-hydroxylation sites is 4. The predicted octanol–water partition coefficient (Wildman–Crippen LogP) is 1.04. The van der Waals surface area contributed by atoms with E-state index in [1.807, 2.05) is 0 Å². The highest BCUT2D eigenvalue weighted by molar-refractivity contribution is 6.01. The van der Waals surface area contributed by atoms with Gasteiger partial charge in [0.15, 0.2) is 11.5 Å². The summed E-state index contributed by atoms with van der Waals surface area (Å²) in [5.41, 5.74) is 5.34. The van der Waals surface area contributed by atoms with Gasteiger partial charge >= 0.3 is 0 Å². The van der Waals surface area contributed by atoms with Crippen molar-refractivity contribution in [3.8, 4) is 17.2 Å². The molecule has 30 heavy (non-hydrogen) atoms. The van der Waals surface area contributed by atoms with Crippen molar-refractivity contribution in [2.75, 3.05) is 25.2 Å². The maximum absolute atomic E-state index is 12.5. The van der Waals surface area contributed by atoms with E-state index >= 15 is 0 Å². The molecule has 0 aliphatic carbocycles. The summed E-state index contributed by atoms with van der Waals surface area (Å²) in [5, 5.41) is 0. The number of hydrogen-bond donors (Lipinski definition) is 2. The van der Waals surface area contributed by atoms with Crippen LogP contribution in [0.5, 0.6) is 17.2 Å². The minimum atomic E-state index is -0.893. The SMILES string of the molecule is COc1ccccc1N1CC(C(=O)NNC(=O)C2COc3ccccc3O2)CC1=O. The Morgan fingerprint density at radius 1 is 1.03 bits per heavy atom. The van der Waals surface area contributed by atoms with Gasteiger partial charge in [0, 0.05) is 13.0 Å². The van der Waals surface area contributed by atoms with E-state index in [9.17, 15) is 14.4 Å². The molecule has 2 N–H and O–H groups in total. The average molecular weight is 411 g/mol. The van der Waals surface area contributed by atoms with Gasteiger partial charge in [-0.25, -0.2) is 0 Å². The second kappa shape index (κ2) is 8.32. The van der Waals surface area contributed by atoms with Crippen LogP contribution in [-0.4, -0.2) is 44.1 Å². The molecule has 2 heterocycles. The standard InChI is InChI=1S/C21H21N3O6/c1-28-15-7-3-2-6-14(15)24-11-13(10-19(24)25)20(26)22-23-21(27)18-12-29-16-8-4-5-9-17(16)30-18/h2-9,13,18H,10-12H2,1H3,(H,22,26)(H,23,27). The number of ether oxygens (including phenoxy) is 3. The van der Waals surface area contributed by atoms with Crippen molar-refractivity contribution in [1.29, 1.82) is 0 Å². The third-order valence-corrected chi connectivity index (χ3v) is 4.98. The lowest BCUT2D eigenvalue weighted by molar-refractivity contribution is -0.136. The maximum Gasteiger partial charge on any atom is 0.283 e. The molecule has 2 aromatic carbocycles. The van der Waals surface area contributed by atoms with Gasteiger partial charge in [0.05, 0.1) is 18.7 Å². The van der Waals surface area contributed by atoms with Gasteiger partial charge in [0.25, 0.3) is 5.91 Å². The average Bonchev–Trinajstić information content (AvgIpc) is 3.18. The number of amides is 3. The first-order valence-corrected chi connectivity index (χ1v) is 9.48. The summed E-state index contributed by atoms with van der Waals surface area (Å²) in [6.07, 6.45) is -0.855. The Morgan fingerprint density at radius 3 is 2.53 bits per heavy atom. The largest absolute Gasteiger partial charge is 0.495 e. The molecule has 9 nitrogen and oxygen atoms in total. The first-order chi connectivity index (χ1) is 14.6. The van der Waals surface area contributed by atoms with E-state index in [1.165, 1.54) is 12.0 Å². The molecule has 0 aromatic heterocycles. The molecule has 1 fully saturated rings. The summed E-state index contributed by atoms with van der Waals surface area (Å²) >= 11 is 0. The predicted molar refractivity (Wildman–Crippen MR) is 106 cm³/mol. The Balaban J connectivity index is 1.33. The van der Waals surface area contributed by atoms with Crippen LogP contribution in [-0.2, 0) is 14.4 Å². The number of rotatable bonds is 4.